The van der Waals surface area contributed by atoms with Gasteiger partial charge in [-0.25, -0.2) is 4.98 Å². The third-order valence-electron chi connectivity index (χ3n) is 14.7. The number of para-hydroxylation sites is 3. The van der Waals surface area contributed by atoms with Crippen molar-refractivity contribution >= 4 is 75.7 Å². The van der Waals surface area contributed by atoms with E-state index < -0.39 is 0 Å². The molecule has 1 aliphatic rings. The second kappa shape index (κ2) is 13.8. The summed E-state index contributed by atoms with van der Waals surface area (Å²) in [5.74, 6) is 0.948. The van der Waals surface area contributed by atoms with E-state index in [-0.39, 0.29) is 5.41 Å². The number of aromatic nitrogens is 2. The molecule has 0 bridgehead atoms. The molecule has 2 nitrogen and oxygen atoms in total. The van der Waals surface area contributed by atoms with Crippen LogP contribution in [0, 0.1) is 0 Å². The molecule has 0 atom stereocenters. The Kier molecular flexibility index (Phi) is 7.77. The van der Waals surface area contributed by atoms with Crippen LogP contribution in [-0.2, 0) is 5.41 Å². The third kappa shape index (κ3) is 5.21. The van der Waals surface area contributed by atoms with Gasteiger partial charge in [0.1, 0.15) is 5.82 Å². The summed E-state index contributed by atoms with van der Waals surface area (Å²) < 4.78 is 2.31. The fraction of sp³-hybridized carbons (Fsp3) is 0.0469. The van der Waals surface area contributed by atoms with Crippen LogP contribution < -0.4 is 0 Å². The number of nitrogens with zero attached hydrogens (tertiary/aromatic N) is 2. The smallest absolute Gasteiger partial charge is 0.145 e. The molecule has 1 aromatic heterocycles. The maximum absolute atomic E-state index is 5.30. The lowest BCUT2D eigenvalue weighted by atomic mass is 9.78. The fourth-order valence-corrected chi connectivity index (χ4v) is 11.7. The fourth-order valence-electron chi connectivity index (χ4n) is 11.7. The summed E-state index contributed by atoms with van der Waals surface area (Å²) in [6, 6.07) is 81.1. The van der Waals surface area contributed by atoms with Crippen LogP contribution in [0.4, 0.5) is 0 Å². The van der Waals surface area contributed by atoms with Crippen molar-refractivity contribution in [3.8, 4) is 50.5 Å². The van der Waals surface area contributed by atoms with Crippen molar-refractivity contribution in [3.05, 3.63) is 230 Å². The minimum Gasteiger partial charge on any atom is -0.292 e. The van der Waals surface area contributed by atoms with Crippen LogP contribution in [0.5, 0.6) is 0 Å². The molecule has 0 aliphatic heterocycles. The molecule has 0 N–H and O–H groups in total. The topological polar surface area (TPSA) is 17.8 Å². The van der Waals surface area contributed by atoms with E-state index in [1.807, 2.05) is 0 Å². The van der Waals surface area contributed by atoms with Crippen LogP contribution in [-0.4, -0.2) is 9.55 Å². The molecule has 13 aromatic rings. The van der Waals surface area contributed by atoms with Crippen molar-refractivity contribution in [1.82, 2.24) is 9.55 Å². The molecule has 14 rings (SSSR count). The Labute approximate surface area is 382 Å². The van der Waals surface area contributed by atoms with E-state index in [1.165, 1.54) is 109 Å². The molecule has 0 fully saturated rings. The predicted molar refractivity (Wildman–Crippen MR) is 280 cm³/mol. The third-order valence-corrected chi connectivity index (χ3v) is 14.7. The van der Waals surface area contributed by atoms with Crippen molar-refractivity contribution in [2.75, 3.05) is 0 Å². The highest BCUT2D eigenvalue weighted by molar-refractivity contribution is 6.29. The molecule has 12 aromatic carbocycles. The van der Waals surface area contributed by atoms with Gasteiger partial charge in [0, 0.05) is 16.7 Å². The summed E-state index contributed by atoms with van der Waals surface area (Å²) >= 11 is 0. The molecule has 1 aliphatic carbocycles. The highest BCUT2D eigenvalue weighted by atomic mass is 15.1. The second-order valence-corrected chi connectivity index (χ2v) is 18.6. The van der Waals surface area contributed by atoms with Gasteiger partial charge in [-0.1, -0.05) is 178 Å². The molecule has 0 radical (unpaired) electrons. The molecule has 0 amide bonds. The molecule has 0 saturated carbocycles. The molecular formula is C64H42N2. The Hall–Kier alpha value is -8.33. The van der Waals surface area contributed by atoms with Gasteiger partial charge in [-0.15, -0.1) is 0 Å². The van der Waals surface area contributed by atoms with Crippen molar-refractivity contribution < 1.29 is 0 Å². The van der Waals surface area contributed by atoms with Gasteiger partial charge in [0.05, 0.1) is 11.0 Å². The van der Waals surface area contributed by atoms with Crippen molar-refractivity contribution in [1.29, 1.82) is 0 Å². The van der Waals surface area contributed by atoms with E-state index in [0.29, 0.717) is 0 Å². The first-order valence-corrected chi connectivity index (χ1v) is 23.0. The van der Waals surface area contributed by atoms with Crippen LogP contribution in [0.15, 0.2) is 218 Å². The van der Waals surface area contributed by atoms with E-state index in [0.717, 1.165) is 28.1 Å². The van der Waals surface area contributed by atoms with Crippen LogP contribution in [0.3, 0.4) is 0 Å². The second-order valence-electron chi connectivity index (χ2n) is 18.6. The SMILES string of the molecule is CC1(C)c2cc(-c3nc4ccccc4n3-c3ccccc3)ccc2-c2cc3c(-c4cc5ccccc5c5ccccc45)c4ccccc4c(-c4cc5ccccc5c5ccccc45)c3cc21. The highest BCUT2D eigenvalue weighted by Gasteiger charge is 2.37. The summed E-state index contributed by atoms with van der Waals surface area (Å²) in [6.45, 7) is 4.83. The minimum atomic E-state index is -0.303. The molecule has 66 heavy (non-hydrogen) atoms. The zero-order valence-electron chi connectivity index (χ0n) is 36.7. The predicted octanol–water partition coefficient (Wildman–Crippen LogP) is 17.3. The number of fused-ring (bicyclic) bond motifs is 12. The quantitative estimate of drug-likeness (QED) is 0.128. The zero-order chi connectivity index (χ0) is 43.7. The van der Waals surface area contributed by atoms with E-state index in [1.54, 1.807) is 0 Å². The normalized spacial score (nSPS) is 13.1. The van der Waals surface area contributed by atoms with Crippen LogP contribution >= 0.6 is 0 Å². The molecule has 1 heterocycles. The first kappa shape index (κ1) is 37.1. The van der Waals surface area contributed by atoms with Gasteiger partial charge in [-0.3, -0.25) is 4.57 Å². The van der Waals surface area contributed by atoms with Gasteiger partial charge in [0.15, 0.2) is 0 Å². The first-order valence-electron chi connectivity index (χ1n) is 23.0. The summed E-state index contributed by atoms with van der Waals surface area (Å²) in [4.78, 5) is 5.30. The Morgan fingerprint density at radius 3 is 1.45 bits per heavy atom. The van der Waals surface area contributed by atoms with Crippen LogP contribution in [0.1, 0.15) is 25.0 Å². The van der Waals surface area contributed by atoms with Gasteiger partial charge in [-0.05, 0) is 164 Å². The van der Waals surface area contributed by atoms with Crippen molar-refractivity contribution in [3.63, 3.8) is 0 Å². The molecule has 0 unspecified atom stereocenters. The van der Waals surface area contributed by atoms with E-state index >= 15 is 0 Å². The van der Waals surface area contributed by atoms with Gasteiger partial charge < -0.3 is 0 Å². The molecule has 308 valence electrons. The average molecular weight is 839 g/mol. The van der Waals surface area contributed by atoms with E-state index in [2.05, 4.69) is 237 Å². The van der Waals surface area contributed by atoms with Crippen LogP contribution in [0.2, 0.25) is 0 Å². The lowest BCUT2D eigenvalue weighted by Gasteiger charge is -2.25. The molecule has 2 heteroatoms. The number of hydrogen-bond donors (Lipinski definition) is 0. The number of hydrogen-bond acceptors (Lipinski definition) is 1. The standard InChI is InChI=1S/C64H42N2/c1-64(2)57-36-41(63-65-59-30-16-17-31-60(59)66(63)42-20-4-3-5-21-42)32-33-49(57)52-37-55-56(38-58(52)64)62(54-35-40-19-7-9-23-44(40)46-25-11-13-27-48(46)54)51-29-15-14-28-50(51)61(55)53-34-39-18-6-8-22-43(39)45-24-10-12-26-47(45)53/h3-38H,1-2H3. The highest BCUT2D eigenvalue weighted by Crippen LogP contribution is 2.55. The summed E-state index contributed by atoms with van der Waals surface area (Å²) in [6.07, 6.45) is 0. The van der Waals surface area contributed by atoms with Crippen LogP contribution in [0.25, 0.3) is 126 Å². The Morgan fingerprint density at radius 1 is 0.348 bits per heavy atom. The number of imidazole rings is 1. The largest absolute Gasteiger partial charge is 0.292 e. The number of rotatable bonds is 4. The Morgan fingerprint density at radius 2 is 0.833 bits per heavy atom. The van der Waals surface area contributed by atoms with E-state index in [9.17, 15) is 0 Å². The summed E-state index contributed by atoms with van der Waals surface area (Å²) in [7, 11) is 0. The average Bonchev–Trinajstić information content (AvgIpc) is 3.86. The van der Waals surface area contributed by atoms with Gasteiger partial charge in [-0.2, -0.15) is 0 Å². The molecular weight excluding hydrogens is 797 g/mol. The van der Waals surface area contributed by atoms with Crippen molar-refractivity contribution in [2.45, 2.75) is 19.3 Å². The zero-order valence-corrected chi connectivity index (χ0v) is 36.7. The number of benzene rings is 12. The van der Waals surface area contributed by atoms with Gasteiger partial charge in [0.25, 0.3) is 0 Å². The van der Waals surface area contributed by atoms with Crippen molar-refractivity contribution in [2.24, 2.45) is 0 Å². The lowest BCUT2D eigenvalue weighted by Crippen LogP contribution is -2.15. The summed E-state index contributed by atoms with van der Waals surface area (Å²) in [5.41, 5.74) is 14.3. The maximum atomic E-state index is 5.30. The Bertz CT molecular complexity index is 4190. The van der Waals surface area contributed by atoms with Gasteiger partial charge >= 0.3 is 0 Å². The molecule has 0 saturated heterocycles. The van der Waals surface area contributed by atoms with Gasteiger partial charge in [0.2, 0.25) is 0 Å². The first-order chi connectivity index (χ1) is 32.5. The minimum absolute atomic E-state index is 0.303. The molecule has 0 spiro atoms. The van der Waals surface area contributed by atoms with E-state index in [4.69, 9.17) is 4.98 Å². The Balaban J connectivity index is 1.11. The summed E-state index contributed by atoms with van der Waals surface area (Å²) in [5, 5.41) is 15.2. The monoisotopic (exact) mass is 838 g/mol. The maximum Gasteiger partial charge on any atom is 0.145 e. The lowest BCUT2D eigenvalue weighted by molar-refractivity contribution is 0.661.